The lowest BCUT2D eigenvalue weighted by Crippen LogP contribution is -2.40. The SMILES string of the molecule is C[Si](C)(C)c1c(-c2cccc(I)c2)cccc1-c1cccc(I)c1. The Bertz CT molecular complexity index is 815. The Balaban J connectivity index is 2.30. The second kappa shape index (κ2) is 7.29. The van der Waals surface area contributed by atoms with Gasteiger partial charge in [-0.15, -0.1) is 0 Å². The summed E-state index contributed by atoms with van der Waals surface area (Å²) < 4.78 is 2.57. The molecule has 0 radical (unpaired) electrons. The minimum absolute atomic E-state index is 1.28. The summed E-state index contributed by atoms with van der Waals surface area (Å²) in [5.41, 5.74) is 5.44. The largest absolute Gasteiger partial charge is 0.0792 e. The molecule has 0 N–H and O–H groups in total. The quantitative estimate of drug-likeness (QED) is 0.248. The van der Waals surface area contributed by atoms with Crippen LogP contribution < -0.4 is 5.19 Å². The van der Waals surface area contributed by atoms with E-state index in [0.29, 0.717) is 0 Å². The Labute approximate surface area is 173 Å². The molecule has 0 aliphatic heterocycles. The molecule has 0 aliphatic carbocycles. The van der Waals surface area contributed by atoms with Crippen LogP contribution in [0.4, 0.5) is 0 Å². The molecule has 0 spiro atoms. The molecule has 0 amide bonds. The smallest absolute Gasteiger partial charge is 0.0656 e. The number of hydrogen-bond donors (Lipinski definition) is 0. The summed E-state index contributed by atoms with van der Waals surface area (Å²) in [7, 11) is -1.53. The van der Waals surface area contributed by atoms with Crippen molar-refractivity contribution in [2.45, 2.75) is 19.6 Å². The molecule has 0 atom stereocenters. The highest BCUT2D eigenvalue weighted by Crippen LogP contribution is 2.29. The topological polar surface area (TPSA) is 0 Å². The first-order valence-electron chi connectivity index (χ1n) is 8.01. The van der Waals surface area contributed by atoms with Gasteiger partial charge in [-0.25, -0.2) is 0 Å². The second-order valence-electron chi connectivity index (χ2n) is 7.00. The first kappa shape index (κ1) is 18.1. The molecule has 3 heteroatoms. The number of halogens is 2. The summed E-state index contributed by atoms with van der Waals surface area (Å²) in [5, 5.41) is 1.55. The lowest BCUT2D eigenvalue weighted by molar-refractivity contribution is 1.56. The van der Waals surface area contributed by atoms with Crippen molar-refractivity contribution in [1.82, 2.24) is 0 Å². The Kier molecular flexibility index (Phi) is 5.51. The molecule has 0 unspecified atom stereocenters. The van der Waals surface area contributed by atoms with Gasteiger partial charge in [0, 0.05) is 7.14 Å². The lowest BCUT2D eigenvalue weighted by atomic mass is 9.99. The van der Waals surface area contributed by atoms with Crippen LogP contribution in [0.5, 0.6) is 0 Å². The van der Waals surface area contributed by atoms with Gasteiger partial charge >= 0.3 is 0 Å². The molecular formula is C21H20I2Si. The van der Waals surface area contributed by atoms with Crippen LogP contribution in [0.3, 0.4) is 0 Å². The first-order chi connectivity index (χ1) is 11.4. The van der Waals surface area contributed by atoms with Gasteiger partial charge in [-0.2, -0.15) is 0 Å². The van der Waals surface area contributed by atoms with Crippen molar-refractivity contribution in [3.8, 4) is 22.3 Å². The Morgan fingerprint density at radius 1 is 0.625 bits per heavy atom. The Morgan fingerprint density at radius 2 is 1.04 bits per heavy atom. The van der Waals surface area contributed by atoms with Crippen LogP contribution in [-0.2, 0) is 0 Å². The average molecular weight is 554 g/mol. The summed E-state index contributed by atoms with van der Waals surface area (Å²) in [5.74, 6) is 0. The summed E-state index contributed by atoms with van der Waals surface area (Å²) in [6.45, 7) is 7.32. The number of rotatable bonds is 3. The van der Waals surface area contributed by atoms with E-state index in [1.165, 1.54) is 29.4 Å². The van der Waals surface area contributed by atoms with Gasteiger partial charge in [0.25, 0.3) is 0 Å². The third-order valence-electron chi connectivity index (χ3n) is 4.09. The van der Waals surface area contributed by atoms with Gasteiger partial charge in [0.2, 0.25) is 0 Å². The van der Waals surface area contributed by atoms with E-state index >= 15 is 0 Å². The minimum Gasteiger partial charge on any atom is -0.0656 e. The van der Waals surface area contributed by atoms with Gasteiger partial charge in [0.1, 0.15) is 0 Å². The van der Waals surface area contributed by atoms with E-state index in [9.17, 15) is 0 Å². The molecular weight excluding hydrogens is 534 g/mol. The van der Waals surface area contributed by atoms with E-state index in [4.69, 9.17) is 0 Å². The molecule has 3 aromatic carbocycles. The minimum atomic E-state index is -1.53. The van der Waals surface area contributed by atoms with Crippen LogP contribution in [0.25, 0.3) is 22.3 Å². The van der Waals surface area contributed by atoms with Crippen LogP contribution >= 0.6 is 45.2 Å². The number of hydrogen-bond acceptors (Lipinski definition) is 0. The highest BCUT2D eigenvalue weighted by Gasteiger charge is 2.25. The zero-order chi connectivity index (χ0) is 17.3. The van der Waals surface area contributed by atoms with E-state index in [-0.39, 0.29) is 0 Å². The predicted octanol–water partition coefficient (Wildman–Crippen LogP) is 6.78. The van der Waals surface area contributed by atoms with Gasteiger partial charge in [0.15, 0.2) is 0 Å². The second-order valence-corrected chi connectivity index (χ2v) is 14.5. The Hall–Kier alpha value is -0.663. The van der Waals surface area contributed by atoms with Gasteiger partial charge in [0.05, 0.1) is 8.07 Å². The van der Waals surface area contributed by atoms with E-state index in [1.807, 2.05) is 0 Å². The monoisotopic (exact) mass is 554 g/mol. The third kappa shape index (κ3) is 3.94. The lowest BCUT2D eigenvalue weighted by Gasteiger charge is -2.25. The van der Waals surface area contributed by atoms with Crippen LogP contribution in [0, 0.1) is 7.14 Å². The van der Waals surface area contributed by atoms with Crippen molar-refractivity contribution in [3.63, 3.8) is 0 Å². The van der Waals surface area contributed by atoms with E-state index in [2.05, 4.69) is 132 Å². The summed E-state index contributed by atoms with van der Waals surface area (Å²) in [4.78, 5) is 0. The highest BCUT2D eigenvalue weighted by molar-refractivity contribution is 14.1. The zero-order valence-corrected chi connectivity index (χ0v) is 19.4. The maximum Gasteiger partial charge on any atom is 0.0792 e. The molecule has 0 saturated carbocycles. The molecule has 0 aromatic heterocycles. The Morgan fingerprint density at radius 3 is 1.42 bits per heavy atom. The summed E-state index contributed by atoms with van der Waals surface area (Å²) >= 11 is 4.80. The van der Waals surface area contributed by atoms with Gasteiger partial charge in [-0.3, -0.25) is 0 Å². The fourth-order valence-corrected chi connectivity index (χ4v) is 6.31. The van der Waals surface area contributed by atoms with Crippen molar-refractivity contribution < 1.29 is 0 Å². The van der Waals surface area contributed by atoms with Crippen molar-refractivity contribution in [2.75, 3.05) is 0 Å². The van der Waals surface area contributed by atoms with Crippen molar-refractivity contribution in [2.24, 2.45) is 0 Å². The highest BCUT2D eigenvalue weighted by atomic mass is 127. The average Bonchev–Trinajstić information content (AvgIpc) is 2.53. The molecule has 122 valence electrons. The van der Waals surface area contributed by atoms with Crippen molar-refractivity contribution in [3.05, 3.63) is 73.9 Å². The van der Waals surface area contributed by atoms with Crippen LogP contribution in [0.15, 0.2) is 66.7 Å². The predicted molar refractivity (Wildman–Crippen MR) is 126 cm³/mol. The zero-order valence-electron chi connectivity index (χ0n) is 14.1. The van der Waals surface area contributed by atoms with Crippen molar-refractivity contribution in [1.29, 1.82) is 0 Å². The van der Waals surface area contributed by atoms with Crippen LogP contribution in [0.2, 0.25) is 19.6 Å². The molecule has 0 saturated heterocycles. The maximum absolute atomic E-state index is 2.44. The third-order valence-corrected chi connectivity index (χ3v) is 7.47. The van der Waals surface area contributed by atoms with Crippen LogP contribution in [0.1, 0.15) is 0 Å². The van der Waals surface area contributed by atoms with E-state index < -0.39 is 8.07 Å². The van der Waals surface area contributed by atoms with Crippen molar-refractivity contribution >= 4 is 58.4 Å². The molecule has 0 bridgehead atoms. The molecule has 24 heavy (non-hydrogen) atoms. The molecule has 3 aromatic rings. The molecule has 0 heterocycles. The normalized spacial score (nSPS) is 11.5. The number of benzene rings is 3. The van der Waals surface area contributed by atoms with E-state index in [1.54, 1.807) is 5.19 Å². The molecule has 0 aliphatic rings. The van der Waals surface area contributed by atoms with Gasteiger partial charge < -0.3 is 0 Å². The van der Waals surface area contributed by atoms with Crippen LogP contribution in [-0.4, -0.2) is 8.07 Å². The van der Waals surface area contributed by atoms with Gasteiger partial charge in [-0.05, 0) is 96.9 Å². The molecule has 0 nitrogen and oxygen atoms in total. The standard InChI is InChI=1S/C21H20I2Si/c1-24(2,3)21-19(15-7-4-9-17(22)13-15)11-6-12-20(21)16-8-5-10-18(23)14-16/h4-14H,1-3H3. The molecule has 0 fully saturated rings. The fourth-order valence-electron chi connectivity index (χ4n) is 3.15. The van der Waals surface area contributed by atoms with Gasteiger partial charge in [-0.1, -0.05) is 62.1 Å². The summed E-state index contributed by atoms with van der Waals surface area (Å²) in [6.07, 6.45) is 0. The maximum atomic E-state index is 2.44. The first-order valence-corrected chi connectivity index (χ1v) is 13.7. The summed E-state index contributed by atoms with van der Waals surface area (Å²) in [6, 6.07) is 24.5. The fraction of sp³-hybridized carbons (Fsp3) is 0.143. The van der Waals surface area contributed by atoms with E-state index in [0.717, 1.165) is 0 Å². The molecule has 3 rings (SSSR count).